The number of methoxy groups -OCH3 is 1. The molecule has 0 saturated carbocycles. The number of aromatic nitrogens is 1. The van der Waals surface area contributed by atoms with Gasteiger partial charge in [0.15, 0.2) is 5.76 Å². The quantitative estimate of drug-likeness (QED) is 0.414. The summed E-state index contributed by atoms with van der Waals surface area (Å²) in [6.07, 6.45) is 1.69. The average molecular weight is 442 g/mol. The molecule has 4 rings (SSSR count). The minimum Gasteiger partial charge on any atom is -0.497 e. The van der Waals surface area contributed by atoms with Gasteiger partial charge in [-0.3, -0.25) is 4.79 Å². The van der Waals surface area contributed by atoms with E-state index >= 15 is 0 Å². The molecule has 1 aromatic heterocycles. The van der Waals surface area contributed by atoms with Crippen molar-refractivity contribution < 1.29 is 13.9 Å². The van der Waals surface area contributed by atoms with Crippen LogP contribution in [0.5, 0.6) is 5.75 Å². The van der Waals surface area contributed by atoms with Crippen LogP contribution in [0, 0.1) is 0 Å². The number of ether oxygens (including phenoxy) is 1. The first-order chi connectivity index (χ1) is 16.1. The van der Waals surface area contributed by atoms with Crippen molar-refractivity contribution in [1.82, 2.24) is 15.2 Å². The third-order valence-corrected chi connectivity index (χ3v) is 5.55. The number of amides is 1. The van der Waals surface area contributed by atoms with Gasteiger partial charge >= 0.3 is 0 Å². The maximum atomic E-state index is 13.2. The summed E-state index contributed by atoms with van der Waals surface area (Å²) in [4.78, 5) is 19.7. The number of rotatable bonds is 8. The van der Waals surface area contributed by atoms with Gasteiger partial charge in [0.1, 0.15) is 5.75 Å². The zero-order chi connectivity index (χ0) is 23.2. The molecule has 0 saturated heterocycles. The Bertz CT molecular complexity index is 1200. The van der Waals surface area contributed by atoms with Gasteiger partial charge in [-0.2, -0.15) is 0 Å². The summed E-state index contributed by atoms with van der Waals surface area (Å²) in [5, 5.41) is 3.07. The molecule has 3 aromatic carbocycles. The lowest BCUT2D eigenvalue weighted by molar-refractivity contribution is 0.0942. The van der Waals surface area contributed by atoms with E-state index in [1.807, 2.05) is 86.9 Å². The molecule has 6 heteroatoms. The standard InChI is InChI=1S/C27H27N3O3/c1-30(2)24(19-13-15-21(32-3)16-14-19)17-28-26(31)22-11-7-8-12-23(22)27-29-18-25(33-27)20-9-5-4-6-10-20/h4-16,18,24H,17H2,1-3H3,(H,28,31)/t24-/m0/s1. The van der Waals surface area contributed by atoms with Gasteiger partial charge in [0.2, 0.25) is 5.89 Å². The summed E-state index contributed by atoms with van der Waals surface area (Å²) < 4.78 is 11.2. The van der Waals surface area contributed by atoms with E-state index in [1.165, 1.54) is 0 Å². The number of nitrogens with zero attached hydrogens (tertiary/aromatic N) is 2. The Morgan fingerprint density at radius 2 is 1.70 bits per heavy atom. The molecule has 0 aliphatic rings. The van der Waals surface area contributed by atoms with E-state index in [0.29, 0.717) is 29.3 Å². The lowest BCUT2D eigenvalue weighted by Gasteiger charge is -2.25. The molecule has 6 nitrogen and oxygen atoms in total. The van der Waals surface area contributed by atoms with Gasteiger partial charge in [-0.15, -0.1) is 0 Å². The molecule has 4 aromatic rings. The number of carbonyl (C=O) groups is 1. The maximum Gasteiger partial charge on any atom is 0.252 e. The second kappa shape index (κ2) is 10.1. The fourth-order valence-electron chi connectivity index (χ4n) is 3.71. The largest absolute Gasteiger partial charge is 0.497 e. The Morgan fingerprint density at radius 1 is 1.00 bits per heavy atom. The fraction of sp³-hybridized carbons (Fsp3) is 0.185. The van der Waals surface area contributed by atoms with E-state index in [1.54, 1.807) is 19.4 Å². The van der Waals surface area contributed by atoms with Crippen LogP contribution in [0.3, 0.4) is 0 Å². The third kappa shape index (κ3) is 5.13. The highest BCUT2D eigenvalue weighted by molar-refractivity contribution is 6.00. The zero-order valence-corrected chi connectivity index (χ0v) is 19.0. The first-order valence-electron chi connectivity index (χ1n) is 10.8. The summed E-state index contributed by atoms with van der Waals surface area (Å²) >= 11 is 0. The highest BCUT2D eigenvalue weighted by Crippen LogP contribution is 2.28. The molecule has 0 bridgehead atoms. The van der Waals surface area contributed by atoms with E-state index < -0.39 is 0 Å². The number of hydrogen-bond acceptors (Lipinski definition) is 5. The van der Waals surface area contributed by atoms with Crippen molar-refractivity contribution in [2.45, 2.75) is 6.04 Å². The van der Waals surface area contributed by atoms with E-state index in [2.05, 4.69) is 15.2 Å². The van der Waals surface area contributed by atoms with Gasteiger partial charge in [0.25, 0.3) is 5.91 Å². The predicted octanol–water partition coefficient (Wildman–Crippen LogP) is 5.05. The van der Waals surface area contributed by atoms with Crippen LogP contribution in [0.2, 0.25) is 0 Å². The van der Waals surface area contributed by atoms with Crippen LogP contribution in [-0.4, -0.2) is 43.5 Å². The first kappa shape index (κ1) is 22.3. The van der Waals surface area contributed by atoms with Crippen LogP contribution in [0.1, 0.15) is 22.0 Å². The summed E-state index contributed by atoms with van der Waals surface area (Å²) in [6.45, 7) is 0.452. The second-order valence-corrected chi connectivity index (χ2v) is 7.90. The fourth-order valence-corrected chi connectivity index (χ4v) is 3.71. The monoisotopic (exact) mass is 441 g/mol. The van der Waals surface area contributed by atoms with Crippen LogP contribution in [0.25, 0.3) is 22.8 Å². The summed E-state index contributed by atoms with van der Waals surface area (Å²) in [6, 6.07) is 25.0. The van der Waals surface area contributed by atoms with E-state index in [4.69, 9.17) is 9.15 Å². The lowest BCUT2D eigenvalue weighted by atomic mass is 10.0. The summed E-state index contributed by atoms with van der Waals surface area (Å²) in [5.41, 5.74) is 3.20. The van der Waals surface area contributed by atoms with Gasteiger partial charge in [-0.05, 0) is 43.9 Å². The highest BCUT2D eigenvalue weighted by Gasteiger charge is 2.20. The highest BCUT2D eigenvalue weighted by atomic mass is 16.5. The van der Waals surface area contributed by atoms with Crippen molar-refractivity contribution in [2.24, 2.45) is 0 Å². The molecule has 0 unspecified atom stereocenters. The van der Waals surface area contributed by atoms with Crippen molar-refractivity contribution in [3.05, 3.63) is 96.2 Å². The Labute approximate surface area is 193 Å². The Kier molecular flexibility index (Phi) is 6.86. The van der Waals surface area contributed by atoms with Gasteiger partial charge < -0.3 is 19.4 Å². The topological polar surface area (TPSA) is 67.6 Å². The molecular weight excluding hydrogens is 414 g/mol. The molecular formula is C27H27N3O3. The Hall–Kier alpha value is -3.90. The molecule has 0 spiro atoms. The number of likely N-dealkylation sites (N-methyl/N-ethyl adjacent to an activating group) is 1. The molecule has 0 aliphatic carbocycles. The molecule has 0 aliphatic heterocycles. The van der Waals surface area contributed by atoms with E-state index in [9.17, 15) is 4.79 Å². The smallest absolute Gasteiger partial charge is 0.252 e. The summed E-state index contributed by atoms with van der Waals surface area (Å²) in [7, 11) is 5.63. The number of oxazole rings is 1. The third-order valence-electron chi connectivity index (χ3n) is 5.55. The number of carbonyl (C=O) groups excluding carboxylic acids is 1. The maximum absolute atomic E-state index is 13.2. The molecule has 0 radical (unpaired) electrons. The molecule has 168 valence electrons. The molecule has 1 amide bonds. The molecule has 1 heterocycles. The average Bonchev–Trinajstić information content (AvgIpc) is 3.35. The van der Waals surface area contributed by atoms with Crippen LogP contribution in [0.15, 0.2) is 89.5 Å². The van der Waals surface area contributed by atoms with Crippen LogP contribution >= 0.6 is 0 Å². The molecule has 0 fully saturated rings. The first-order valence-corrected chi connectivity index (χ1v) is 10.8. The van der Waals surface area contributed by atoms with Crippen molar-refractivity contribution in [3.63, 3.8) is 0 Å². The van der Waals surface area contributed by atoms with Crippen molar-refractivity contribution in [3.8, 4) is 28.5 Å². The Morgan fingerprint density at radius 3 is 2.39 bits per heavy atom. The van der Waals surface area contributed by atoms with Gasteiger partial charge in [0, 0.05) is 17.7 Å². The zero-order valence-electron chi connectivity index (χ0n) is 19.0. The van der Waals surface area contributed by atoms with Gasteiger partial charge in [-0.25, -0.2) is 4.98 Å². The molecule has 33 heavy (non-hydrogen) atoms. The minimum absolute atomic E-state index is 0.0124. The van der Waals surface area contributed by atoms with Crippen molar-refractivity contribution >= 4 is 5.91 Å². The van der Waals surface area contributed by atoms with Crippen LogP contribution in [0.4, 0.5) is 0 Å². The van der Waals surface area contributed by atoms with Gasteiger partial charge in [-0.1, -0.05) is 54.6 Å². The van der Waals surface area contributed by atoms with E-state index in [-0.39, 0.29) is 11.9 Å². The van der Waals surface area contributed by atoms with E-state index in [0.717, 1.165) is 16.9 Å². The number of nitrogens with one attached hydrogen (secondary N) is 1. The van der Waals surface area contributed by atoms with Gasteiger partial charge in [0.05, 0.1) is 24.9 Å². The minimum atomic E-state index is -0.176. The number of benzene rings is 3. The normalized spacial score (nSPS) is 11.9. The second-order valence-electron chi connectivity index (χ2n) is 7.90. The van der Waals surface area contributed by atoms with Crippen LogP contribution in [-0.2, 0) is 0 Å². The molecule has 1 N–H and O–H groups in total. The predicted molar refractivity (Wildman–Crippen MR) is 129 cm³/mol. The molecule has 1 atom stereocenters. The van der Waals surface area contributed by atoms with Crippen molar-refractivity contribution in [2.75, 3.05) is 27.7 Å². The van der Waals surface area contributed by atoms with Crippen molar-refractivity contribution in [1.29, 1.82) is 0 Å². The lowest BCUT2D eigenvalue weighted by Crippen LogP contribution is -2.34. The van der Waals surface area contributed by atoms with Crippen LogP contribution < -0.4 is 10.1 Å². The SMILES string of the molecule is COc1ccc([C@H](CNC(=O)c2ccccc2-c2ncc(-c3ccccc3)o2)N(C)C)cc1. The Balaban J connectivity index is 1.53. The summed E-state index contributed by atoms with van der Waals surface area (Å²) in [5.74, 6) is 1.70. The number of hydrogen-bond donors (Lipinski definition) is 1.